The number of rotatable bonds is 4. The Balaban J connectivity index is 1.64. The smallest absolute Gasteiger partial charge is 0.411 e. The molecule has 1 aliphatic heterocycles. The first-order valence-electron chi connectivity index (χ1n) is 7.14. The molecule has 5 nitrogen and oxygen atoms in total. The number of nitrogens with one attached hydrogen (secondary N) is 1. The second-order valence-electron chi connectivity index (χ2n) is 5.30. The Morgan fingerprint density at radius 2 is 1.91 bits per heavy atom. The molecule has 0 fully saturated rings. The second kappa shape index (κ2) is 6.83. The number of ether oxygens (including phenoxy) is 1. The molecule has 2 amide bonds. The lowest BCUT2D eigenvalue weighted by Crippen LogP contribution is -2.14. The van der Waals surface area contributed by atoms with Gasteiger partial charge >= 0.3 is 6.09 Å². The summed E-state index contributed by atoms with van der Waals surface area (Å²) in [6, 6.07) is 13.3. The van der Waals surface area contributed by atoms with Gasteiger partial charge < -0.3 is 9.64 Å². The van der Waals surface area contributed by atoms with Gasteiger partial charge in [0.25, 0.3) is 0 Å². The Morgan fingerprint density at radius 3 is 2.61 bits per heavy atom. The third-order valence-corrected chi connectivity index (χ3v) is 4.29. The Labute approximate surface area is 142 Å². The zero-order valence-corrected chi connectivity index (χ0v) is 13.9. The van der Waals surface area contributed by atoms with Crippen molar-refractivity contribution in [2.75, 3.05) is 5.32 Å². The molecule has 3 rings (SSSR count). The van der Waals surface area contributed by atoms with Crippen molar-refractivity contribution in [3.8, 4) is 0 Å². The van der Waals surface area contributed by atoms with Crippen LogP contribution in [0.5, 0.6) is 0 Å². The number of carbonyl (C=O) groups is 2. The molecule has 23 heavy (non-hydrogen) atoms. The maximum absolute atomic E-state index is 11.9. The molecule has 0 bridgehead atoms. The standard InChI is InChI=1S/C17H15BrN2O3/c18-15-6-13-8-20(11-21)9-14(13)7-16(15)19-17(22)23-10-12-4-2-1-3-5-12/h1-7,11H,8-10H2,(H,19,22). The van der Waals surface area contributed by atoms with Crippen LogP contribution in [0.15, 0.2) is 46.9 Å². The number of carbonyl (C=O) groups excluding carboxylic acids is 2. The summed E-state index contributed by atoms with van der Waals surface area (Å²) in [6.07, 6.45) is 0.314. The molecule has 2 aromatic carbocycles. The summed E-state index contributed by atoms with van der Waals surface area (Å²) in [5.74, 6) is 0. The van der Waals surface area contributed by atoms with Crippen molar-refractivity contribution >= 4 is 34.1 Å². The highest BCUT2D eigenvalue weighted by Gasteiger charge is 2.20. The molecular formula is C17H15BrN2O3. The summed E-state index contributed by atoms with van der Waals surface area (Å²) in [5, 5.41) is 2.73. The van der Waals surface area contributed by atoms with Crippen LogP contribution in [0.3, 0.4) is 0 Å². The van der Waals surface area contributed by atoms with Crippen LogP contribution in [0.4, 0.5) is 10.5 Å². The van der Waals surface area contributed by atoms with Crippen LogP contribution >= 0.6 is 15.9 Å². The van der Waals surface area contributed by atoms with Gasteiger partial charge in [-0.1, -0.05) is 30.3 Å². The lowest BCUT2D eigenvalue weighted by Gasteiger charge is -2.10. The molecule has 1 heterocycles. The molecule has 0 aromatic heterocycles. The number of hydrogen-bond donors (Lipinski definition) is 1. The number of amides is 2. The summed E-state index contributed by atoms with van der Waals surface area (Å²) < 4.78 is 5.98. The van der Waals surface area contributed by atoms with Crippen molar-refractivity contribution < 1.29 is 14.3 Å². The first kappa shape index (κ1) is 15.6. The molecule has 1 aliphatic rings. The first-order valence-corrected chi connectivity index (χ1v) is 7.93. The van der Waals surface area contributed by atoms with E-state index in [0.29, 0.717) is 18.8 Å². The average molecular weight is 375 g/mol. The molecule has 0 radical (unpaired) electrons. The zero-order valence-electron chi connectivity index (χ0n) is 12.3. The van der Waals surface area contributed by atoms with Gasteiger partial charge in [-0.2, -0.15) is 0 Å². The topological polar surface area (TPSA) is 58.6 Å². The van der Waals surface area contributed by atoms with E-state index >= 15 is 0 Å². The molecule has 0 saturated heterocycles. The van der Waals surface area contributed by atoms with E-state index in [9.17, 15) is 9.59 Å². The average Bonchev–Trinajstić information content (AvgIpc) is 2.96. The molecule has 6 heteroatoms. The van der Waals surface area contributed by atoms with Crippen LogP contribution in [0.1, 0.15) is 16.7 Å². The van der Waals surface area contributed by atoms with Crippen LogP contribution in [-0.2, 0) is 29.2 Å². The fraction of sp³-hybridized carbons (Fsp3) is 0.176. The molecule has 1 N–H and O–H groups in total. The summed E-state index contributed by atoms with van der Waals surface area (Å²) in [6.45, 7) is 1.37. The van der Waals surface area contributed by atoms with E-state index in [1.54, 1.807) is 4.90 Å². The first-order chi connectivity index (χ1) is 11.2. The van der Waals surface area contributed by atoms with E-state index in [2.05, 4.69) is 21.2 Å². The third-order valence-electron chi connectivity index (χ3n) is 3.63. The van der Waals surface area contributed by atoms with Crippen molar-refractivity contribution in [1.82, 2.24) is 4.90 Å². The Morgan fingerprint density at radius 1 is 1.22 bits per heavy atom. The lowest BCUT2D eigenvalue weighted by molar-refractivity contribution is -0.118. The maximum Gasteiger partial charge on any atom is 0.411 e. The van der Waals surface area contributed by atoms with E-state index in [1.165, 1.54) is 0 Å². The molecule has 118 valence electrons. The van der Waals surface area contributed by atoms with Crippen molar-refractivity contribution in [2.45, 2.75) is 19.7 Å². The van der Waals surface area contributed by atoms with Gasteiger partial charge in [0, 0.05) is 17.6 Å². The van der Waals surface area contributed by atoms with Gasteiger partial charge in [0.15, 0.2) is 0 Å². The normalized spacial score (nSPS) is 12.7. The van der Waals surface area contributed by atoms with Crippen molar-refractivity contribution in [3.63, 3.8) is 0 Å². The van der Waals surface area contributed by atoms with Gasteiger partial charge in [0.1, 0.15) is 6.61 Å². The number of hydrogen-bond acceptors (Lipinski definition) is 3. The highest BCUT2D eigenvalue weighted by Crippen LogP contribution is 2.31. The monoisotopic (exact) mass is 374 g/mol. The van der Waals surface area contributed by atoms with Gasteiger partial charge in [-0.25, -0.2) is 4.79 Å². The lowest BCUT2D eigenvalue weighted by atomic mass is 10.1. The summed E-state index contributed by atoms with van der Waals surface area (Å²) in [4.78, 5) is 24.5. The van der Waals surface area contributed by atoms with Crippen molar-refractivity contribution in [3.05, 3.63) is 63.6 Å². The highest BCUT2D eigenvalue weighted by atomic mass is 79.9. The van der Waals surface area contributed by atoms with Crippen LogP contribution in [0.2, 0.25) is 0 Å². The Kier molecular flexibility index (Phi) is 4.62. The van der Waals surface area contributed by atoms with E-state index in [4.69, 9.17) is 4.74 Å². The number of anilines is 1. The molecule has 0 unspecified atom stereocenters. The van der Waals surface area contributed by atoms with Gasteiger partial charge in [-0.05, 0) is 44.8 Å². The van der Waals surface area contributed by atoms with E-state index in [1.807, 2.05) is 42.5 Å². The van der Waals surface area contributed by atoms with Gasteiger partial charge in [-0.15, -0.1) is 0 Å². The van der Waals surface area contributed by atoms with Gasteiger partial charge in [0.2, 0.25) is 6.41 Å². The largest absolute Gasteiger partial charge is 0.444 e. The van der Waals surface area contributed by atoms with E-state index < -0.39 is 6.09 Å². The maximum atomic E-state index is 11.9. The minimum absolute atomic E-state index is 0.216. The molecule has 0 spiro atoms. The highest BCUT2D eigenvalue weighted by molar-refractivity contribution is 9.10. The number of halogens is 1. The van der Waals surface area contributed by atoms with Crippen LogP contribution in [0.25, 0.3) is 0 Å². The van der Waals surface area contributed by atoms with Crippen molar-refractivity contribution in [2.24, 2.45) is 0 Å². The fourth-order valence-corrected chi connectivity index (χ4v) is 2.98. The Hall–Kier alpha value is -2.34. The molecule has 0 aliphatic carbocycles. The van der Waals surface area contributed by atoms with Gasteiger partial charge in [0.05, 0.1) is 5.69 Å². The van der Waals surface area contributed by atoms with E-state index in [-0.39, 0.29) is 6.61 Å². The third kappa shape index (κ3) is 3.71. The molecule has 2 aromatic rings. The summed E-state index contributed by atoms with van der Waals surface area (Å²) >= 11 is 3.44. The van der Waals surface area contributed by atoms with E-state index in [0.717, 1.165) is 27.6 Å². The van der Waals surface area contributed by atoms with Crippen LogP contribution in [0, 0.1) is 0 Å². The quantitative estimate of drug-likeness (QED) is 0.830. The minimum Gasteiger partial charge on any atom is -0.444 e. The molecule has 0 atom stereocenters. The Bertz CT molecular complexity index is 734. The number of benzene rings is 2. The fourth-order valence-electron chi connectivity index (χ4n) is 2.49. The summed E-state index contributed by atoms with van der Waals surface area (Å²) in [5.41, 5.74) is 3.66. The zero-order chi connectivity index (χ0) is 16.2. The molecular weight excluding hydrogens is 360 g/mol. The number of fused-ring (bicyclic) bond motifs is 1. The predicted octanol–water partition coefficient (Wildman–Crippen LogP) is 3.67. The molecule has 0 saturated carbocycles. The number of nitrogens with zero attached hydrogens (tertiary/aromatic N) is 1. The second-order valence-corrected chi connectivity index (χ2v) is 6.15. The van der Waals surface area contributed by atoms with Crippen LogP contribution < -0.4 is 5.32 Å². The predicted molar refractivity (Wildman–Crippen MR) is 89.7 cm³/mol. The summed E-state index contributed by atoms with van der Waals surface area (Å²) in [7, 11) is 0. The van der Waals surface area contributed by atoms with Gasteiger partial charge in [-0.3, -0.25) is 10.1 Å². The van der Waals surface area contributed by atoms with Crippen LogP contribution in [-0.4, -0.2) is 17.4 Å². The minimum atomic E-state index is -0.514. The van der Waals surface area contributed by atoms with Crippen molar-refractivity contribution in [1.29, 1.82) is 0 Å². The SMILES string of the molecule is O=CN1Cc2cc(Br)c(NC(=O)OCc3ccccc3)cc2C1.